The molecule has 2 aliphatic carbocycles. The van der Waals surface area contributed by atoms with Gasteiger partial charge < -0.3 is 25.8 Å². The van der Waals surface area contributed by atoms with Crippen LogP contribution in [0.4, 0.5) is 5.69 Å². The molecule has 208 valence electrons. The lowest BCUT2D eigenvalue weighted by atomic mass is 9.82. The summed E-state index contributed by atoms with van der Waals surface area (Å²) < 4.78 is 6.32. The summed E-state index contributed by atoms with van der Waals surface area (Å²) in [5.41, 5.74) is 3.85. The maximum atomic E-state index is 13.6. The van der Waals surface area contributed by atoms with Crippen molar-refractivity contribution < 1.29 is 9.53 Å². The highest BCUT2D eigenvalue weighted by Gasteiger charge is 2.49. The van der Waals surface area contributed by atoms with Crippen LogP contribution in [0.15, 0.2) is 34.7 Å². The molecule has 1 heterocycles. The molecule has 2 aromatic rings. The van der Waals surface area contributed by atoms with E-state index in [0.29, 0.717) is 40.8 Å². The third kappa shape index (κ3) is 7.93. The molecule has 2 saturated carbocycles. The number of hydrogen-bond donors (Lipinski definition) is 4. The summed E-state index contributed by atoms with van der Waals surface area (Å²) in [4.78, 5) is 16.8. The van der Waals surface area contributed by atoms with Gasteiger partial charge in [-0.2, -0.15) is 0 Å². The van der Waals surface area contributed by atoms with Crippen LogP contribution >= 0.6 is 26.0 Å². The Bertz CT molecular complexity index is 1150. The van der Waals surface area contributed by atoms with E-state index in [0.717, 1.165) is 34.9 Å². The third-order valence-electron chi connectivity index (χ3n) is 7.24. The summed E-state index contributed by atoms with van der Waals surface area (Å²) >= 11 is 3.35. The van der Waals surface area contributed by atoms with Gasteiger partial charge in [0.1, 0.15) is 18.5 Å². The smallest absolute Gasteiger partial charge is 0.235 e. The number of allylic oxidation sites excluding steroid dienone is 2. The minimum absolute atomic E-state index is 0.0451. The number of carbonyl (C=O) groups is 1. The zero-order chi connectivity index (χ0) is 27.4. The van der Waals surface area contributed by atoms with Crippen LogP contribution in [0.25, 0.3) is 5.57 Å². The Morgan fingerprint density at radius 1 is 1.13 bits per heavy atom. The van der Waals surface area contributed by atoms with Crippen LogP contribution in [0.2, 0.25) is 0 Å². The van der Waals surface area contributed by atoms with Gasteiger partial charge in [0.15, 0.2) is 4.73 Å². The predicted octanol–water partition coefficient (Wildman–Crippen LogP) is 5.75. The largest absolute Gasteiger partial charge is 0.366 e. The van der Waals surface area contributed by atoms with Crippen molar-refractivity contribution in [3.8, 4) is 0 Å². The van der Waals surface area contributed by atoms with Crippen LogP contribution in [0, 0.1) is 23.2 Å². The number of carbonyl (C=O) groups excluding carboxylic acids is 1. The summed E-state index contributed by atoms with van der Waals surface area (Å²) in [6.45, 7) is 4.89. The molecule has 2 aliphatic rings. The van der Waals surface area contributed by atoms with E-state index < -0.39 is 10.0 Å². The van der Waals surface area contributed by atoms with Gasteiger partial charge in [-0.3, -0.25) is 4.79 Å². The summed E-state index contributed by atoms with van der Waals surface area (Å²) in [6, 6.07) is 7.72. The first kappa shape index (κ1) is 28.8. The van der Waals surface area contributed by atoms with E-state index in [1.54, 1.807) is 6.92 Å². The highest BCUT2D eigenvalue weighted by Crippen LogP contribution is 2.54. The molecule has 0 spiro atoms. The zero-order valence-electron chi connectivity index (χ0n) is 23.1. The van der Waals surface area contributed by atoms with E-state index in [-0.39, 0.29) is 11.8 Å². The Balaban J connectivity index is 1.44. The van der Waals surface area contributed by atoms with Crippen molar-refractivity contribution in [3.05, 3.63) is 46.1 Å². The van der Waals surface area contributed by atoms with Crippen LogP contribution in [0.5, 0.6) is 0 Å². The molecule has 38 heavy (non-hydrogen) atoms. The number of ether oxygens (including phenoxy) is 1. The van der Waals surface area contributed by atoms with Crippen LogP contribution < -0.4 is 10.6 Å². The number of H-pyrrole nitrogens is 1. The number of nitrogens with zero attached hydrogens (tertiary/aromatic N) is 2. The van der Waals surface area contributed by atoms with Gasteiger partial charge in [0.25, 0.3) is 0 Å². The Morgan fingerprint density at radius 3 is 2.26 bits per heavy atom. The van der Waals surface area contributed by atoms with Gasteiger partial charge in [0.2, 0.25) is 5.91 Å². The van der Waals surface area contributed by atoms with Gasteiger partial charge >= 0.3 is 0 Å². The molecule has 0 bridgehead atoms. The summed E-state index contributed by atoms with van der Waals surface area (Å²) in [5.74, 6) is 2.77. The van der Waals surface area contributed by atoms with Gasteiger partial charge in [0.05, 0.1) is 6.61 Å². The van der Waals surface area contributed by atoms with Crippen molar-refractivity contribution in [2.24, 2.45) is 17.8 Å². The number of aromatic amines is 1. The van der Waals surface area contributed by atoms with Crippen LogP contribution in [-0.4, -0.2) is 64.7 Å². The number of amides is 1. The summed E-state index contributed by atoms with van der Waals surface area (Å²) in [6.07, 6.45) is 11.6. The van der Waals surface area contributed by atoms with Crippen molar-refractivity contribution >= 4 is 48.8 Å². The Labute approximate surface area is 236 Å². The first-order chi connectivity index (χ1) is 18.0. The lowest BCUT2D eigenvalue weighted by Gasteiger charge is -2.25. The van der Waals surface area contributed by atoms with E-state index in [2.05, 4.69) is 60.5 Å². The molecule has 4 rings (SSSR count). The Morgan fingerprint density at radius 2 is 1.76 bits per heavy atom. The maximum Gasteiger partial charge on any atom is 0.235 e. The average molecular weight is 606 g/mol. The molecular formula is C28H41BrN6O2S. The first-order valence-electron chi connectivity index (χ1n) is 13.3. The van der Waals surface area contributed by atoms with Crippen molar-refractivity contribution in [1.29, 1.82) is 5.41 Å². The molecule has 1 unspecified atom stereocenters. The molecule has 0 saturated heterocycles. The number of rotatable bonds is 14. The number of anilines is 1. The number of hydrogen-bond acceptors (Lipinski definition) is 6. The molecule has 1 aromatic carbocycles. The van der Waals surface area contributed by atoms with Crippen LogP contribution in [0.3, 0.4) is 0 Å². The molecule has 8 nitrogen and oxygen atoms in total. The molecule has 2 fully saturated rings. The first-order valence-corrected chi connectivity index (χ1v) is 17.1. The van der Waals surface area contributed by atoms with E-state index in [1.807, 2.05) is 31.2 Å². The van der Waals surface area contributed by atoms with E-state index >= 15 is 0 Å². The van der Waals surface area contributed by atoms with E-state index in [9.17, 15) is 4.79 Å². The molecule has 4 N–H and O–H groups in total. The monoisotopic (exact) mass is 604 g/mol. The zero-order valence-corrected chi connectivity index (χ0v) is 25.5. The van der Waals surface area contributed by atoms with Crippen molar-refractivity contribution in [3.63, 3.8) is 0 Å². The second kappa shape index (κ2) is 12.3. The molecule has 1 atom stereocenters. The maximum absolute atomic E-state index is 13.6. The fourth-order valence-electron chi connectivity index (χ4n) is 5.05. The minimum atomic E-state index is -0.577. The van der Waals surface area contributed by atoms with Gasteiger partial charge in [-0.05, 0) is 110 Å². The average Bonchev–Trinajstić information content (AvgIpc) is 3.77. The van der Waals surface area contributed by atoms with E-state index in [4.69, 9.17) is 10.1 Å². The lowest BCUT2D eigenvalue weighted by molar-refractivity contribution is -0.119. The molecule has 1 amide bonds. The molecule has 1 aromatic heterocycles. The minimum Gasteiger partial charge on any atom is -0.366 e. The van der Waals surface area contributed by atoms with Gasteiger partial charge in [-0.1, -0.05) is 12.1 Å². The SMILES string of the molecule is CC(=N)/C(=C(/C)NCOCCS(C)(C)C)c1ccc(NC(=O)C(c2nnc(Br)[nH]2)C(C2CC2)C2CC2)cc1. The lowest BCUT2D eigenvalue weighted by Crippen LogP contribution is -2.31. The van der Waals surface area contributed by atoms with Crippen molar-refractivity contribution in [1.82, 2.24) is 20.5 Å². The number of benzene rings is 1. The second-order valence-corrected chi connectivity index (χ2v) is 16.8. The normalized spacial score (nSPS) is 17.7. The number of aromatic nitrogens is 3. The Hall–Kier alpha value is -2.17. The standard InChI is InChI=1S/C28H41BrN6O2S/c1-17(30)23(18(2)31-16-37-14-15-38(3,4)5)19-10-12-22(13-11-19)32-27(36)25(26-33-28(29)35-34-26)24(20-6-7-20)21-8-9-21/h10-13,20-21,24-25,30-31H,6-9,14-16H2,1-5H3,(H,32,36)(H,33,34,35)/b23-18+,30-17?. The summed E-state index contributed by atoms with van der Waals surface area (Å²) in [5, 5.41) is 23.2. The van der Waals surface area contributed by atoms with Crippen molar-refractivity contribution in [2.45, 2.75) is 45.4 Å². The third-order valence-corrected chi connectivity index (χ3v) is 8.99. The molecule has 10 heteroatoms. The Kier molecular flexibility index (Phi) is 9.36. The van der Waals surface area contributed by atoms with Gasteiger partial charge in [-0.25, -0.2) is 10.0 Å². The highest BCUT2D eigenvalue weighted by atomic mass is 79.9. The number of nitrogens with one attached hydrogen (secondary N) is 4. The van der Waals surface area contributed by atoms with Gasteiger partial charge in [-0.15, -0.1) is 10.2 Å². The number of halogens is 1. The topological polar surface area (TPSA) is 116 Å². The van der Waals surface area contributed by atoms with Crippen LogP contribution in [-0.2, 0) is 9.53 Å². The fraction of sp³-hybridized carbons (Fsp3) is 0.571. The predicted molar refractivity (Wildman–Crippen MR) is 161 cm³/mol. The molecular weight excluding hydrogens is 564 g/mol. The second-order valence-electron chi connectivity index (χ2n) is 11.4. The van der Waals surface area contributed by atoms with E-state index in [1.165, 1.54) is 25.7 Å². The molecule has 0 radical (unpaired) electrons. The van der Waals surface area contributed by atoms with Gasteiger partial charge in [0, 0.05) is 28.4 Å². The highest BCUT2D eigenvalue weighted by molar-refractivity contribution is 9.10. The van der Waals surface area contributed by atoms with Crippen LogP contribution in [0.1, 0.15) is 56.8 Å². The molecule has 0 aliphatic heterocycles. The summed E-state index contributed by atoms with van der Waals surface area (Å²) in [7, 11) is -0.577. The quantitative estimate of drug-likeness (QED) is 0.124. The van der Waals surface area contributed by atoms with Crippen molar-refractivity contribution in [2.75, 3.05) is 43.2 Å². The fourth-order valence-corrected chi connectivity index (χ4v) is 5.95.